The number of likely N-dealkylation sites (tertiary alicyclic amines) is 1. The second kappa shape index (κ2) is 5.79. The number of carbonyl (C=O) groups excluding carboxylic acids is 1. The minimum absolute atomic E-state index is 0.187. The van der Waals surface area contributed by atoms with Crippen molar-refractivity contribution in [2.45, 2.75) is 13.1 Å². The molecule has 22 heavy (non-hydrogen) atoms. The molecule has 1 fully saturated rings. The van der Waals surface area contributed by atoms with Gasteiger partial charge in [-0.05, 0) is 13.0 Å². The lowest BCUT2D eigenvalue weighted by Gasteiger charge is -2.18. The van der Waals surface area contributed by atoms with Gasteiger partial charge in [0.05, 0.1) is 18.9 Å². The van der Waals surface area contributed by atoms with Crippen molar-refractivity contribution in [3.05, 3.63) is 15.8 Å². The number of carbonyl (C=O) groups is 2. The van der Waals surface area contributed by atoms with E-state index in [4.69, 9.17) is 9.84 Å². The summed E-state index contributed by atoms with van der Waals surface area (Å²) in [5.74, 6) is -5.59. The number of rotatable bonds is 3. The van der Waals surface area contributed by atoms with Gasteiger partial charge in [0.1, 0.15) is 10.6 Å². The van der Waals surface area contributed by atoms with Gasteiger partial charge in [-0.2, -0.15) is 13.2 Å². The number of carboxylic acids is 1. The zero-order chi connectivity index (χ0) is 16.7. The molecule has 0 unspecified atom stereocenters. The Balaban J connectivity index is 2.26. The van der Waals surface area contributed by atoms with E-state index in [9.17, 15) is 22.8 Å². The molecule has 1 aliphatic heterocycles. The first-order valence-electron chi connectivity index (χ1n) is 6.38. The molecule has 1 aromatic rings. The molecule has 1 aromatic heterocycles. The number of amides is 1. The number of alkyl halides is 3. The van der Waals surface area contributed by atoms with Crippen LogP contribution in [0.5, 0.6) is 5.75 Å². The molecule has 1 N–H and O–H groups in total. The first kappa shape index (κ1) is 16.6. The maximum absolute atomic E-state index is 12.9. The molecule has 0 saturated carbocycles. The van der Waals surface area contributed by atoms with Crippen LogP contribution < -0.4 is 4.74 Å². The quantitative estimate of drug-likeness (QED) is 0.920. The van der Waals surface area contributed by atoms with Gasteiger partial charge in [-0.1, -0.05) is 0 Å². The Labute approximate surface area is 128 Å². The van der Waals surface area contributed by atoms with E-state index in [1.54, 1.807) is 13.0 Å². The van der Waals surface area contributed by atoms with Gasteiger partial charge in [0.2, 0.25) is 0 Å². The summed E-state index contributed by atoms with van der Waals surface area (Å²) >= 11 is 1.11. The summed E-state index contributed by atoms with van der Waals surface area (Å²) in [4.78, 5) is 25.3. The zero-order valence-corrected chi connectivity index (χ0v) is 12.6. The number of nitrogens with zero attached hydrogens (tertiary/aromatic N) is 1. The monoisotopic (exact) mass is 337 g/mol. The van der Waals surface area contributed by atoms with Gasteiger partial charge < -0.3 is 14.7 Å². The van der Waals surface area contributed by atoms with Gasteiger partial charge in [-0.15, -0.1) is 11.3 Å². The van der Waals surface area contributed by atoms with Crippen molar-refractivity contribution in [1.82, 2.24) is 4.90 Å². The van der Waals surface area contributed by atoms with Crippen molar-refractivity contribution in [3.8, 4) is 5.75 Å². The molecule has 0 radical (unpaired) electrons. The van der Waals surface area contributed by atoms with Crippen LogP contribution in [-0.4, -0.2) is 48.3 Å². The zero-order valence-electron chi connectivity index (χ0n) is 11.8. The van der Waals surface area contributed by atoms with Gasteiger partial charge in [0.25, 0.3) is 5.91 Å². The Kier molecular flexibility index (Phi) is 4.37. The number of carboxylic acid groups (broad SMARTS) is 1. The lowest BCUT2D eigenvalue weighted by molar-refractivity contribution is -0.187. The molecule has 1 amide bonds. The minimum Gasteiger partial charge on any atom is -0.495 e. The van der Waals surface area contributed by atoms with Crippen LogP contribution in [0.2, 0.25) is 0 Å². The number of hydrogen-bond acceptors (Lipinski definition) is 4. The summed E-state index contributed by atoms with van der Waals surface area (Å²) in [7, 11) is 1.36. The van der Waals surface area contributed by atoms with Gasteiger partial charge in [-0.25, -0.2) is 0 Å². The van der Waals surface area contributed by atoms with Crippen molar-refractivity contribution in [1.29, 1.82) is 0 Å². The molecule has 122 valence electrons. The first-order chi connectivity index (χ1) is 10.1. The van der Waals surface area contributed by atoms with E-state index in [1.807, 2.05) is 0 Å². The number of halogens is 3. The summed E-state index contributed by atoms with van der Waals surface area (Å²) in [5.41, 5.74) is 0. The average Bonchev–Trinajstić information content (AvgIpc) is 3.00. The van der Waals surface area contributed by atoms with E-state index < -0.39 is 43.0 Å². The summed E-state index contributed by atoms with van der Waals surface area (Å²) in [6.07, 6.45) is -4.66. The average molecular weight is 337 g/mol. The Morgan fingerprint density at radius 3 is 2.50 bits per heavy atom. The van der Waals surface area contributed by atoms with E-state index in [2.05, 4.69) is 0 Å². The maximum atomic E-state index is 12.9. The normalized spacial score (nSPS) is 22.0. The van der Waals surface area contributed by atoms with Crippen molar-refractivity contribution in [2.75, 3.05) is 20.2 Å². The molecule has 0 aliphatic carbocycles. The molecule has 9 heteroatoms. The topological polar surface area (TPSA) is 66.8 Å². The van der Waals surface area contributed by atoms with Crippen molar-refractivity contribution >= 4 is 23.2 Å². The van der Waals surface area contributed by atoms with Crippen LogP contribution in [0.25, 0.3) is 0 Å². The second-order valence-electron chi connectivity index (χ2n) is 5.06. The van der Waals surface area contributed by atoms with E-state index in [0.717, 1.165) is 21.1 Å². The number of aryl methyl sites for hydroxylation is 1. The third-order valence-corrected chi connectivity index (χ3v) is 4.60. The summed E-state index contributed by atoms with van der Waals surface area (Å²) in [5, 5.41) is 8.96. The standard InChI is InChI=1S/C13H14F3NO4S/c1-6-3-9(21-2)10(22-6)11(18)17-4-7(12(19)20)8(5-17)13(14,15)16/h3,7-8H,4-5H2,1-2H3,(H,19,20)/t7-,8-/m1/s1. The Bertz CT molecular complexity index is 599. The number of methoxy groups -OCH3 is 1. The largest absolute Gasteiger partial charge is 0.495 e. The van der Waals surface area contributed by atoms with Crippen LogP contribution in [-0.2, 0) is 4.79 Å². The van der Waals surface area contributed by atoms with E-state index >= 15 is 0 Å². The number of thiophene rings is 1. The van der Waals surface area contributed by atoms with Gasteiger partial charge >= 0.3 is 12.1 Å². The summed E-state index contributed by atoms with van der Waals surface area (Å²) < 4.78 is 43.8. The fourth-order valence-electron chi connectivity index (χ4n) is 2.49. The lowest BCUT2D eigenvalue weighted by atomic mass is 9.96. The number of hydrogen-bond donors (Lipinski definition) is 1. The van der Waals surface area contributed by atoms with E-state index in [0.29, 0.717) is 0 Å². The molecule has 2 atom stereocenters. The fourth-order valence-corrected chi connectivity index (χ4v) is 3.43. The van der Waals surface area contributed by atoms with Crippen LogP contribution in [0.4, 0.5) is 13.2 Å². The molecule has 0 spiro atoms. The first-order valence-corrected chi connectivity index (χ1v) is 7.20. The molecule has 5 nitrogen and oxygen atoms in total. The molecule has 0 bridgehead atoms. The molecule has 2 heterocycles. The van der Waals surface area contributed by atoms with Crippen LogP contribution in [0.15, 0.2) is 6.07 Å². The summed E-state index contributed by atoms with van der Waals surface area (Å²) in [6.45, 7) is 0.629. The van der Waals surface area contributed by atoms with Crippen LogP contribution in [0.3, 0.4) is 0 Å². The van der Waals surface area contributed by atoms with Crippen molar-refractivity contribution in [2.24, 2.45) is 11.8 Å². The number of ether oxygens (including phenoxy) is 1. The Hall–Kier alpha value is -1.77. The third kappa shape index (κ3) is 3.03. The van der Waals surface area contributed by atoms with Gasteiger partial charge in [-0.3, -0.25) is 9.59 Å². The SMILES string of the molecule is COc1cc(C)sc1C(=O)N1C[C@@H](C(F)(F)F)[C@H](C(=O)O)C1. The van der Waals surface area contributed by atoms with Crippen LogP contribution in [0, 0.1) is 18.8 Å². The highest BCUT2D eigenvalue weighted by Crippen LogP contribution is 2.39. The maximum Gasteiger partial charge on any atom is 0.394 e. The van der Waals surface area contributed by atoms with E-state index in [1.165, 1.54) is 7.11 Å². The predicted octanol–water partition coefficient (Wildman–Crippen LogP) is 2.40. The lowest BCUT2D eigenvalue weighted by Crippen LogP contribution is -2.34. The minimum atomic E-state index is -4.66. The molecule has 1 aliphatic rings. The van der Waals surface area contributed by atoms with Gasteiger partial charge in [0.15, 0.2) is 0 Å². The second-order valence-corrected chi connectivity index (χ2v) is 6.31. The Morgan fingerprint density at radius 2 is 2.05 bits per heavy atom. The Morgan fingerprint density at radius 1 is 1.41 bits per heavy atom. The van der Waals surface area contributed by atoms with Crippen LogP contribution >= 0.6 is 11.3 Å². The van der Waals surface area contributed by atoms with Crippen molar-refractivity contribution < 1.29 is 32.6 Å². The highest BCUT2D eigenvalue weighted by Gasteiger charge is 2.53. The molecule has 2 rings (SSSR count). The highest BCUT2D eigenvalue weighted by molar-refractivity contribution is 7.14. The van der Waals surface area contributed by atoms with Crippen molar-refractivity contribution in [3.63, 3.8) is 0 Å². The summed E-state index contributed by atoms with van der Waals surface area (Å²) in [6, 6.07) is 1.61. The molecular weight excluding hydrogens is 323 g/mol. The smallest absolute Gasteiger partial charge is 0.394 e. The van der Waals surface area contributed by atoms with Crippen LogP contribution in [0.1, 0.15) is 14.5 Å². The molecule has 1 saturated heterocycles. The van der Waals surface area contributed by atoms with Gasteiger partial charge in [0, 0.05) is 18.0 Å². The molecule has 0 aromatic carbocycles. The molecular formula is C13H14F3NO4S. The van der Waals surface area contributed by atoms with E-state index in [-0.39, 0.29) is 10.6 Å². The predicted molar refractivity (Wildman–Crippen MR) is 72.2 cm³/mol. The number of aliphatic carboxylic acids is 1. The fraction of sp³-hybridized carbons (Fsp3) is 0.538. The third-order valence-electron chi connectivity index (χ3n) is 3.58. The highest BCUT2D eigenvalue weighted by atomic mass is 32.1.